The quantitative estimate of drug-likeness (QED) is 0.478. The summed E-state index contributed by atoms with van der Waals surface area (Å²) in [4.78, 5) is 8.77. The van der Waals surface area contributed by atoms with Crippen LogP contribution >= 0.6 is 11.6 Å². The van der Waals surface area contributed by atoms with Crippen LogP contribution in [0.1, 0.15) is 30.0 Å². The molecule has 2 heterocycles. The Labute approximate surface area is 185 Å². The average Bonchev–Trinajstić information content (AvgIpc) is 3.29. The molecule has 1 aliphatic rings. The summed E-state index contributed by atoms with van der Waals surface area (Å²) in [7, 11) is -3.11. The molecular formula is C20H24ClN5O4S. The molecule has 0 unspecified atom stereocenters. The minimum absolute atomic E-state index is 0.164. The number of likely N-dealkylation sites (N-methyl/N-ethyl adjacent to an activating group) is 1. The molecule has 9 nitrogen and oxygen atoms in total. The number of nitrogens with zero attached hydrogens (tertiary/aromatic N) is 4. The molecule has 3 N–H and O–H groups in total. The van der Waals surface area contributed by atoms with Gasteiger partial charge in [0, 0.05) is 30.9 Å². The second kappa shape index (κ2) is 8.36. The lowest BCUT2D eigenvalue weighted by atomic mass is 10.1. The summed E-state index contributed by atoms with van der Waals surface area (Å²) in [6.45, 7) is 2.57. The Kier molecular flexibility index (Phi) is 5.93. The van der Waals surface area contributed by atoms with E-state index in [1.165, 1.54) is 13.4 Å². The molecule has 0 aliphatic heterocycles. The molecule has 1 fully saturated rings. The number of aromatic nitrogens is 3. The van der Waals surface area contributed by atoms with E-state index in [0.717, 1.165) is 20.8 Å². The topological polar surface area (TPSA) is 121 Å². The Hall–Kier alpha value is -2.24. The van der Waals surface area contributed by atoms with E-state index in [2.05, 4.69) is 15.3 Å². The number of rotatable bonds is 6. The van der Waals surface area contributed by atoms with E-state index in [4.69, 9.17) is 11.6 Å². The fraction of sp³-hybridized carbons (Fsp3) is 0.400. The number of hydrogen-bond donors (Lipinski definition) is 3. The first-order chi connectivity index (χ1) is 14.6. The molecule has 3 aromatic rings. The molecular weight excluding hydrogens is 442 g/mol. The SMILES string of the molecule is Cc1cc(Cl)ccc1CNc1ncnc2c1ccn2[C@H]1C[C@H](O)[C@@H](N(C)S(=O)(=O)O)C1. The van der Waals surface area contributed by atoms with Gasteiger partial charge in [0.2, 0.25) is 0 Å². The largest absolute Gasteiger partial charge is 0.391 e. The zero-order valence-corrected chi connectivity index (χ0v) is 18.7. The monoisotopic (exact) mass is 465 g/mol. The van der Waals surface area contributed by atoms with Crippen molar-refractivity contribution < 1.29 is 18.1 Å². The predicted molar refractivity (Wildman–Crippen MR) is 118 cm³/mol. The Morgan fingerprint density at radius 3 is 2.77 bits per heavy atom. The van der Waals surface area contributed by atoms with Crippen LogP contribution in [-0.2, 0) is 16.8 Å². The van der Waals surface area contributed by atoms with E-state index in [1.807, 2.05) is 42.0 Å². The molecule has 1 aromatic carbocycles. The van der Waals surface area contributed by atoms with E-state index in [1.54, 1.807) is 0 Å². The zero-order valence-electron chi connectivity index (χ0n) is 17.1. The van der Waals surface area contributed by atoms with Crippen LogP contribution in [0.4, 0.5) is 5.82 Å². The summed E-state index contributed by atoms with van der Waals surface area (Å²) < 4.78 is 35.0. The first-order valence-electron chi connectivity index (χ1n) is 9.84. The average molecular weight is 466 g/mol. The number of hydrogen-bond acceptors (Lipinski definition) is 6. The van der Waals surface area contributed by atoms with E-state index in [0.29, 0.717) is 35.9 Å². The number of fused-ring (bicyclic) bond motifs is 1. The van der Waals surface area contributed by atoms with Gasteiger partial charge in [0.1, 0.15) is 17.8 Å². The second-order valence-corrected chi connectivity index (χ2v) is 9.77. The van der Waals surface area contributed by atoms with E-state index < -0.39 is 22.4 Å². The molecule has 3 atom stereocenters. The summed E-state index contributed by atoms with van der Waals surface area (Å²) >= 11 is 6.03. The lowest BCUT2D eigenvalue weighted by molar-refractivity contribution is 0.117. The molecule has 0 spiro atoms. The summed E-state index contributed by atoms with van der Waals surface area (Å²) in [5, 5.41) is 15.3. The minimum Gasteiger partial charge on any atom is -0.391 e. The molecule has 0 saturated heterocycles. The van der Waals surface area contributed by atoms with Gasteiger partial charge in [0.15, 0.2) is 0 Å². The smallest absolute Gasteiger partial charge is 0.335 e. The highest BCUT2D eigenvalue weighted by molar-refractivity contribution is 7.83. The molecule has 2 aromatic heterocycles. The highest BCUT2D eigenvalue weighted by Crippen LogP contribution is 2.36. The molecule has 4 rings (SSSR count). The van der Waals surface area contributed by atoms with Crippen LogP contribution < -0.4 is 5.32 Å². The Morgan fingerprint density at radius 1 is 1.29 bits per heavy atom. The van der Waals surface area contributed by atoms with Crippen molar-refractivity contribution in [3.8, 4) is 0 Å². The molecule has 1 saturated carbocycles. The summed E-state index contributed by atoms with van der Waals surface area (Å²) in [6.07, 6.45) is 3.17. The zero-order chi connectivity index (χ0) is 22.3. The van der Waals surface area contributed by atoms with Gasteiger partial charge in [-0.25, -0.2) is 9.97 Å². The Morgan fingerprint density at radius 2 is 2.06 bits per heavy atom. The number of halogens is 1. The van der Waals surface area contributed by atoms with Crippen molar-refractivity contribution in [2.75, 3.05) is 12.4 Å². The van der Waals surface area contributed by atoms with E-state index in [-0.39, 0.29) is 6.04 Å². The standard InChI is InChI=1S/C20H24ClN5O4S/c1-12-7-14(21)4-3-13(12)10-22-19-16-5-6-26(20(16)24-11-23-19)15-8-17(18(27)9-15)25(2)31(28,29)30/h3-7,11,15,17-18,27H,8-10H2,1-2H3,(H,22,23,24)(H,28,29,30)/t15-,17+,18+/m1/s1. The fourth-order valence-corrected chi connectivity index (χ4v) is 5.00. The molecule has 31 heavy (non-hydrogen) atoms. The summed E-state index contributed by atoms with van der Waals surface area (Å²) in [6, 6.07) is 6.77. The molecule has 11 heteroatoms. The third kappa shape index (κ3) is 4.39. The van der Waals surface area contributed by atoms with Crippen LogP contribution in [-0.4, -0.2) is 56.1 Å². The van der Waals surface area contributed by atoms with Crippen LogP contribution in [0.2, 0.25) is 5.02 Å². The van der Waals surface area contributed by atoms with Crippen molar-refractivity contribution in [1.29, 1.82) is 0 Å². The van der Waals surface area contributed by atoms with Crippen LogP contribution in [0.25, 0.3) is 11.0 Å². The maximum Gasteiger partial charge on any atom is 0.335 e. The number of anilines is 1. The minimum atomic E-state index is -4.38. The van der Waals surface area contributed by atoms with Gasteiger partial charge in [-0.15, -0.1) is 0 Å². The van der Waals surface area contributed by atoms with Gasteiger partial charge in [-0.2, -0.15) is 12.7 Å². The van der Waals surface area contributed by atoms with Gasteiger partial charge in [0.05, 0.1) is 17.5 Å². The lowest BCUT2D eigenvalue weighted by Gasteiger charge is -2.23. The molecule has 0 bridgehead atoms. The third-order valence-corrected chi connectivity index (χ3v) is 7.19. The summed E-state index contributed by atoms with van der Waals surface area (Å²) in [5.74, 6) is 0.684. The Bertz CT molecular complexity index is 1220. The Balaban J connectivity index is 1.56. The van der Waals surface area contributed by atoms with Gasteiger partial charge in [-0.1, -0.05) is 17.7 Å². The normalized spacial score (nSPS) is 21.8. The molecule has 1 aliphatic carbocycles. The van der Waals surface area contributed by atoms with Crippen molar-refractivity contribution >= 4 is 38.8 Å². The van der Waals surface area contributed by atoms with Crippen LogP contribution in [0.15, 0.2) is 36.8 Å². The maximum absolute atomic E-state index is 11.5. The van der Waals surface area contributed by atoms with Crippen molar-refractivity contribution in [1.82, 2.24) is 18.8 Å². The van der Waals surface area contributed by atoms with Crippen LogP contribution in [0.3, 0.4) is 0 Å². The number of aliphatic hydroxyl groups excluding tert-OH is 1. The number of benzene rings is 1. The van der Waals surface area contributed by atoms with Crippen molar-refractivity contribution in [3.63, 3.8) is 0 Å². The molecule has 0 amide bonds. The first-order valence-corrected chi connectivity index (χ1v) is 11.6. The van der Waals surface area contributed by atoms with Gasteiger partial charge in [-0.05, 0) is 49.1 Å². The predicted octanol–water partition coefficient (Wildman–Crippen LogP) is 2.80. The second-order valence-electron chi connectivity index (χ2n) is 7.86. The fourth-order valence-electron chi connectivity index (χ4n) is 4.20. The lowest BCUT2D eigenvalue weighted by Crippen LogP contribution is -2.41. The number of aryl methyl sites for hydroxylation is 1. The molecule has 166 valence electrons. The summed E-state index contributed by atoms with van der Waals surface area (Å²) in [5.41, 5.74) is 2.88. The van der Waals surface area contributed by atoms with E-state index in [9.17, 15) is 18.1 Å². The number of nitrogens with one attached hydrogen (secondary N) is 1. The van der Waals surface area contributed by atoms with Gasteiger partial charge < -0.3 is 15.0 Å². The van der Waals surface area contributed by atoms with Crippen LogP contribution in [0, 0.1) is 6.92 Å². The first kappa shape index (κ1) is 22.0. The van der Waals surface area contributed by atoms with Gasteiger partial charge in [-0.3, -0.25) is 4.55 Å². The van der Waals surface area contributed by atoms with E-state index >= 15 is 0 Å². The van der Waals surface area contributed by atoms with Gasteiger partial charge in [0.25, 0.3) is 0 Å². The highest BCUT2D eigenvalue weighted by Gasteiger charge is 2.40. The van der Waals surface area contributed by atoms with Gasteiger partial charge >= 0.3 is 10.3 Å². The molecule has 0 radical (unpaired) electrons. The third-order valence-electron chi connectivity index (χ3n) is 5.96. The van der Waals surface area contributed by atoms with Crippen molar-refractivity contribution in [3.05, 3.63) is 52.9 Å². The highest BCUT2D eigenvalue weighted by atomic mass is 35.5. The maximum atomic E-state index is 11.5. The number of aliphatic hydroxyl groups is 1. The van der Waals surface area contributed by atoms with Crippen molar-refractivity contribution in [2.24, 2.45) is 0 Å². The van der Waals surface area contributed by atoms with Crippen LogP contribution in [0.5, 0.6) is 0 Å². The van der Waals surface area contributed by atoms with Crippen molar-refractivity contribution in [2.45, 2.75) is 44.5 Å².